The summed E-state index contributed by atoms with van der Waals surface area (Å²) in [6, 6.07) is 42.1. The third kappa shape index (κ3) is 16.3. The summed E-state index contributed by atoms with van der Waals surface area (Å²) < 4.78 is 27.2. The second-order valence-electron chi connectivity index (χ2n) is 25.0. The number of aromatic nitrogens is 8. The molecule has 1 saturated carbocycles. The van der Waals surface area contributed by atoms with Crippen molar-refractivity contribution >= 4 is 63.1 Å². The highest BCUT2D eigenvalue weighted by Gasteiger charge is 2.29. The average molecular weight is 1290 g/mol. The first-order valence-corrected chi connectivity index (χ1v) is 32.7. The first-order valence-electron chi connectivity index (χ1n) is 32.7. The second kappa shape index (κ2) is 30.1. The molecular formula is C74H81N15O7. The molecule has 10 aromatic rings. The number of nitrogens with one attached hydrogen (secondary N) is 5. The molecule has 3 aliphatic rings. The van der Waals surface area contributed by atoms with Crippen LogP contribution in [-0.2, 0) is 17.9 Å². The van der Waals surface area contributed by atoms with E-state index >= 15 is 0 Å². The summed E-state index contributed by atoms with van der Waals surface area (Å²) >= 11 is 0. The molecule has 2 aliphatic heterocycles. The number of ether oxygens (including phenoxy) is 4. The van der Waals surface area contributed by atoms with Crippen molar-refractivity contribution in [2.75, 3.05) is 75.3 Å². The highest BCUT2D eigenvalue weighted by Crippen LogP contribution is 2.38. The minimum absolute atomic E-state index is 0.00408. The summed E-state index contributed by atoms with van der Waals surface area (Å²) in [6.45, 7) is 13.2. The number of amides is 3. The molecule has 0 radical (unpaired) electrons. The molecule has 22 nitrogen and oxygen atoms in total. The summed E-state index contributed by atoms with van der Waals surface area (Å²) in [6.07, 6.45) is 14.8. The van der Waals surface area contributed by atoms with Gasteiger partial charge >= 0.3 is 0 Å². The van der Waals surface area contributed by atoms with Crippen molar-refractivity contribution in [3.63, 3.8) is 0 Å². The molecule has 3 amide bonds. The fraction of sp³-hybridized carbons (Fsp3) is 0.311. The largest absolute Gasteiger partial charge is 0.497 e. The maximum absolute atomic E-state index is 13.1. The summed E-state index contributed by atoms with van der Waals surface area (Å²) in [7, 11) is 5.41. The summed E-state index contributed by atoms with van der Waals surface area (Å²) in [5.74, 6) is 6.53. The molecule has 5 N–H and O–H groups in total. The lowest BCUT2D eigenvalue weighted by molar-refractivity contribution is -0.125. The lowest BCUT2D eigenvalue weighted by Crippen LogP contribution is -2.30. The third-order valence-electron chi connectivity index (χ3n) is 17.3. The Hall–Kier alpha value is -10.7. The fourth-order valence-electron chi connectivity index (χ4n) is 11.6. The van der Waals surface area contributed by atoms with E-state index in [1.165, 1.54) is 12.8 Å². The molecule has 0 unspecified atom stereocenters. The Bertz CT molecular complexity index is 4350. The number of nitrogens with zero attached hydrogens (tertiary/aromatic N) is 10. The molecule has 13 rings (SSSR count). The summed E-state index contributed by atoms with van der Waals surface area (Å²) in [4.78, 5) is 61.2. The number of hydrogen-bond donors (Lipinski definition) is 5. The zero-order chi connectivity index (χ0) is 66.7. The van der Waals surface area contributed by atoms with Gasteiger partial charge in [0.2, 0.25) is 5.91 Å². The lowest BCUT2D eigenvalue weighted by atomic mass is 10.1. The number of hydrogen-bond acceptors (Lipinski definition) is 17. The van der Waals surface area contributed by atoms with Gasteiger partial charge in [-0.3, -0.25) is 19.3 Å². The normalized spacial score (nSPS) is 15.3. The van der Waals surface area contributed by atoms with Gasteiger partial charge in [-0.25, -0.2) is 29.3 Å². The van der Waals surface area contributed by atoms with E-state index in [4.69, 9.17) is 34.1 Å². The number of anilines is 4. The highest BCUT2D eigenvalue weighted by atomic mass is 16.5. The molecule has 8 heterocycles. The predicted octanol–water partition coefficient (Wildman–Crippen LogP) is 12.5. The Kier molecular flexibility index (Phi) is 20.5. The van der Waals surface area contributed by atoms with Crippen molar-refractivity contribution in [2.24, 2.45) is 0 Å². The molecule has 0 bridgehead atoms. The van der Waals surface area contributed by atoms with Gasteiger partial charge in [0.1, 0.15) is 56.9 Å². The molecular weight excluding hydrogens is 1210 g/mol. The van der Waals surface area contributed by atoms with Gasteiger partial charge in [0, 0.05) is 98.4 Å². The smallest absolute Gasteiger partial charge is 0.256 e. The van der Waals surface area contributed by atoms with Crippen molar-refractivity contribution in [2.45, 2.75) is 96.4 Å². The topological polar surface area (TPSA) is 242 Å². The number of methoxy groups -OCH3 is 2. The number of benzene rings is 4. The van der Waals surface area contributed by atoms with Crippen LogP contribution in [-0.4, -0.2) is 139 Å². The van der Waals surface area contributed by atoms with Gasteiger partial charge < -0.3 is 50.4 Å². The molecule has 4 aromatic carbocycles. The Balaban J connectivity index is 0.000000187. The predicted molar refractivity (Wildman–Crippen MR) is 373 cm³/mol. The molecule has 2 saturated heterocycles. The van der Waals surface area contributed by atoms with E-state index in [9.17, 15) is 14.4 Å². The van der Waals surface area contributed by atoms with Crippen LogP contribution in [0, 0.1) is 0 Å². The van der Waals surface area contributed by atoms with Crippen LogP contribution in [0.3, 0.4) is 0 Å². The zero-order valence-corrected chi connectivity index (χ0v) is 55.2. The number of likely N-dealkylation sites (tertiary alicyclic amines) is 1. The number of likely N-dealkylation sites (N-methyl/N-ethyl adjacent to an activating group) is 1. The number of rotatable bonds is 24. The first-order chi connectivity index (χ1) is 46.7. The van der Waals surface area contributed by atoms with Gasteiger partial charge in [-0.2, -0.15) is 10.2 Å². The van der Waals surface area contributed by atoms with Gasteiger partial charge in [0.25, 0.3) is 11.8 Å². The number of pyridine rings is 4. The Morgan fingerprint density at radius 3 is 1.50 bits per heavy atom. The van der Waals surface area contributed by atoms with E-state index in [-0.39, 0.29) is 29.8 Å². The van der Waals surface area contributed by atoms with E-state index in [1.54, 1.807) is 93.6 Å². The maximum Gasteiger partial charge on any atom is 0.256 e. The molecule has 96 heavy (non-hydrogen) atoms. The second-order valence-corrected chi connectivity index (χ2v) is 25.0. The number of fused-ring (bicyclic) bond motifs is 2. The highest BCUT2D eigenvalue weighted by molar-refractivity contribution is 6.04. The summed E-state index contributed by atoms with van der Waals surface area (Å²) in [5, 5.41) is 27.9. The monoisotopic (exact) mass is 1290 g/mol. The minimum Gasteiger partial charge on any atom is -0.497 e. The molecule has 3 fully saturated rings. The van der Waals surface area contributed by atoms with Gasteiger partial charge in [-0.1, -0.05) is 58.0 Å². The molecule has 0 spiro atoms. The Morgan fingerprint density at radius 1 is 0.583 bits per heavy atom. The Labute approximate surface area is 558 Å². The van der Waals surface area contributed by atoms with E-state index in [0.717, 1.165) is 82.8 Å². The number of carbonyl (C=O) groups is 3. The SMILES string of the molecule is COc1ccc(Cn2nc(N[C@@H]3CCN(C(=O)/C=C/CN(C)C4CC4)C3)c3c(Oc4ccc(C(=O)Nc5cc(C(C)C)ccn5)cc4)ccnc32)cc1.COc1ccc(Cn2nc(N[C@@H]3CCNC3)c3c(Oc4ccc(C(=O)Nc5cc(C(C)C)ccn5)cc4)ccnc32)cc1. The van der Waals surface area contributed by atoms with Crippen LogP contribution in [0.2, 0.25) is 0 Å². The Morgan fingerprint density at radius 2 is 1.05 bits per heavy atom. The van der Waals surface area contributed by atoms with Crippen molar-refractivity contribution in [3.05, 3.63) is 204 Å². The van der Waals surface area contributed by atoms with Gasteiger partial charge in [0.05, 0.1) is 27.3 Å². The molecule has 6 aromatic heterocycles. The minimum atomic E-state index is -0.257. The zero-order valence-electron chi connectivity index (χ0n) is 55.2. The van der Waals surface area contributed by atoms with E-state index in [0.29, 0.717) is 107 Å². The van der Waals surface area contributed by atoms with Crippen molar-refractivity contribution in [1.29, 1.82) is 0 Å². The van der Waals surface area contributed by atoms with E-state index in [2.05, 4.69) is 81.2 Å². The first kappa shape index (κ1) is 65.4. The van der Waals surface area contributed by atoms with E-state index in [1.807, 2.05) is 105 Å². The molecule has 2 atom stereocenters. The third-order valence-corrected chi connectivity index (χ3v) is 17.3. The van der Waals surface area contributed by atoms with Crippen LogP contribution >= 0.6 is 0 Å². The lowest BCUT2D eigenvalue weighted by Gasteiger charge is -2.16. The van der Waals surface area contributed by atoms with Crippen LogP contribution in [0.15, 0.2) is 170 Å². The standard InChI is InChI=1S/C41H46N8O4.C33H35N7O3/c1-27(2)30-17-20-42-36(24-30)45-41(51)29-9-15-34(16-10-29)53-35-18-21-43-40-38(35)39(46-49(40)25-28-7-13-33(52-4)14-8-28)44-31-19-23-48(26-31)37(50)6-5-22-47(3)32-11-12-32;1-21(2)24-12-16-35-29(18-24)38-33(41)23-6-10-27(11-7-23)43-28-14-17-36-32-30(28)31(37-25-13-15-34-19-25)39-40(32)20-22-4-8-26(42-3)9-5-22/h5-10,13-18,20-21,24,27,31-32H,11-12,19,22-23,25-26H2,1-4H3,(H,44,46)(H,42,45,51);4-12,14,16-18,21,25,34H,13,15,19-20H2,1-3H3,(H,37,39)(H,35,38,41)/b6-5+;/t31-;25-/m11/s1. The van der Waals surface area contributed by atoms with E-state index < -0.39 is 0 Å². The van der Waals surface area contributed by atoms with Crippen LogP contribution in [0.4, 0.5) is 23.3 Å². The van der Waals surface area contributed by atoms with Crippen molar-refractivity contribution in [3.8, 4) is 34.5 Å². The van der Waals surface area contributed by atoms with Gasteiger partial charge in [0.15, 0.2) is 22.9 Å². The van der Waals surface area contributed by atoms with Crippen molar-refractivity contribution in [1.82, 2.24) is 54.6 Å². The van der Waals surface area contributed by atoms with Crippen molar-refractivity contribution < 1.29 is 33.3 Å². The fourth-order valence-corrected chi connectivity index (χ4v) is 11.6. The molecule has 494 valence electrons. The van der Waals surface area contributed by atoms with Gasteiger partial charge in [-0.05, 0) is 170 Å². The van der Waals surface area contributed by atoms with Gasteiger partial charge in [-0.15, -0.1) is 0 Å². The molecule has 22 heteroatoms. The average Bonchev–Trinajstić information content (AvgIpc) is 1.62. The summed E-state index contributed by atoms with van der Waals surface area (Å²) in [5.41, 5.74) is 6.68. The van der Waals surface area contributed by atoms with Crippen LogP contribution in [0.1, 0.15) is 108 Å². The van der Waals surface area contributed by atoms with Crippen LogP contribution in [0.5, 0.6) is 34.5 Å². The maximum atomic E-state index is 13.1. The molecule has 1 aliphatic carbocycles. The van der Waals surface area contributed by atoms with Crippen LogP contribution in [0.25, 0.3) is 22.1 Å². The van der Waals surface area contributed by atoms with Crippen LogP contribution < -0.4 is 45.5 Å². The quantitative estimate of drug-likeness (QED) is 0.0353. The number of carbonyl (C=O) groups excluding carboxylic acids is 3.